The summed E-state index contributed by atoms with van der Waals surface area (Å²) in [5, 5.41) is 19.3. The van der Waals surface area contributed by atoms with Gasteiger partial charge in [-0.25, -0.2) is 18.6 Å². The van der Waals surface area contributed by atoms with E-state index in [0.717, 1.165) is 24.0 Å². The number of nitriles is 1. The number of benzene rings is 2. The van der Waals surface area contributed by atoms with Crippen LogP contribution in [0.4, 0.5) is 14.5 Å². The zero-order valence-corrected chi connectivity index (χ0v) is 20.7. The molecule has 0 spiro atoms. The van der Waals surface area contributed by atoms with Crippen molar-refractivity contribution in [3.63, 3.8) is 0 Å². The molecule has 1 fully saturated rings. The van der Waals surface area contributed by atoms with Crippen LogP contribution in [-0.2, 0) is 13.0 Å². The molecule has 4 rings (SSSR count). The summed E-state index contributed by atoms with van der Waals surface area (Å²) in [5.41, 5.74) is 3.35. The molecule has 0 aliphatic carbocycles. The predicted molar refractivity (Wildman–Crippen MR) is 135 cm³/mol. The number of imidazole rings is 1. The first-order valence-corrected chi connectivity index (χ1v) is 12.3. The van der Waals surface area contributed by atoms with E-state index in [0.29, 0.717) is 42.0 Å². The Balaban J connectivity index is 1.63. The van der Waals surface area contributed by atoms with Crippen LogP contribution in [0.25, 0.3) is 11.1 Å². The Labute approximate surface area is 213 Å². The average molecular weight is 513 g/mol. The predicted octanol–water partition coefficient (Wildman–Crippen LogP) is 6.40. The second kappa shape index (κ2) is 10.7. The molecule has 0 radical (unpaired) electrons. The summed E-state index contributed by atoms with van der Waals surface area (Å²) in [7, 11) is 0. The van der Waals surface area contributed by atoms with E-state index in [1.54, 1.807) is 27.7 Å². The van der Waals surface area contributed by atoms with Crippen molar-refractivity contribution in [2.75, 3.05) is 18.0 Å². The molecule has 0 unspecified atom stereocenters. The molecule has 0 bridgehead atoms. The molecule has 1 N–H and O–H groups in total. The molecule has 188 valence electrons. The van der Waals surface area contributed by atoms with Gasteiger partial charge in [0.2, 0.25) is 0 Å². The van der Waals surface area contributed by atoms with Crippen molar-refractivity contribution in [1.29, 1.82) is 5.26 Å². The van der Waals surface area contributed by atoms with Gasteiger partial charge in [-0.3, -0.25) is 0 Å². The molecule has 9 heteroatoms. The summed E-state index contributed by atoms with van der Waals surface area (Å²) < 4.78 is 29.6. The van der Waals surface area contributed by atoms with Crippen molar-refractivity contribution in [3.8, 4) is 17.2 Å². The van der Waals surface area contributed by atoms with E-state index in [4.69, 9.17) is 11.6 Å². The summed E-state index contributed by atoms with van der Waals surface area (Å²) in [6.07, 6.45) is 2.72. The van der Waals surface area contributed by atoms with Gasteiger partial charge in [-0.1, -0.05) is 49.2 Å². The summed E-state index contributed by atoms with van der Waals surface area (Å²) in [5.74, 6) is -3.23. The Kier molecular flexibility index (Phi) is 7.60. The SMILES string of the molecule is CCCCc1nc(Cl)c(C(=O)O)n1Cc1ccc(-c2cc(N3CCCC(F)(F)C3)ccc2C#N)cc1. The fourth-order valence-electron chi connectivity index (χ4n) is 4.59. The van der Waals surface area contributed by atoms with Crippen LogP contribution in [0.1, 0.15) is 60.0 Å². The van der Waals surface area contributed by atoms with Gasteiger partial charge in [0.05, 0.1) is 18.2 Å². The normalized spacial score (nSPS) is 15.0. The second-order valence-corrected chi connectivity index (χ2v) is 9.44. The molecular weight excluding hydrogens is 486 g/mol. The monoisotopic (exact) mass is 512 g/mol. The Morgan fingerprint density at radius 1 is 1.25 bits per heavy atom. The van der Waals surface area contributed by atoms with Crippen LogP contribution in [0.5, 0.6) is 0 Å². The van der Waals surface area contributed by atoms with Crippen LogP contribution < -0.4 is 4.90 Å². The van der Waals surface area contributed by atoms with E-state index in [1.165, 1.54) is 0 Å². The van der Waals surface area contributed by atoms with Crippen LogP contribution in [0.15, 0.2) is 42.5 Å². The average Bonchev–Trinajstić information content (AvgIpc) is 3.16. The first-order chi connectivity index (χ1) is 17.2. The summed E-state index contributed by atoms with van der Waals surface area (Å²) >= 11 is 6.13. The third-order valence-corrected chi connectivity index (χ3v) is 6.71. The van der Waals surface area contributed by atoms with Gasteiger partial charge in [0.25, 0.3) is 5.92 Å². The van der Waals surface area contributed by atoms with Crippen molar-refractivity contribution < 1.29 is 18.7 Å². The molecule has 2 heterocycles. The third kappa shape index (κ3) is 5.52. The van der Waals surface area contributed by atoms with E-state index in [2.05, 4.69) is 11.1 Å². The number of aromatic nitrogens is 2. The van der Waals surface area contributed by atoms with Gasteiger partial charge in [-0.2, -0.15) is 5.26 Å². The molecule has 0 amide bonds. The number of aryl methyl sites for hydroxylation is 1. The van der Waals surface area contributed by atoms with E-state index < -0.39 is 11.9 Å². The minimum atomic E-state index is -2.73. The molecule has 3 aromatic rings. The molecule has 0 atom stereocenters. The van der Waals surface area contributed by atoms with Crippen molar-refractivity contribution in [1.82, 2.24) is 9.55 Å². The highest BCUT2D eigenvalue weighted by Gasteiger charge is 2.35. The molecule has 1 aliphatic heterocycles. The highest BCUT2D eigenvalue weighted by atomic mass is 35.5. The number of piperidine rings is 1. The molecule has 36 heavy (non-hydrogen) atoms. The topological polar surface area (TPSA) is 82.2 Å². The first-order valence-electron chi connectivity index (χ1n) is 12.0. The molecule has 6 nitrogen and oxygen atoms in total. The molecule has 0 saturated carbocycles. The smallest absolute Gasteiger partial charge is 0.355 e. The lowest BCUT2D eigenvalue weighted by atomic mass is 9.97. The lowest BCUT2D eigenvalue weighted by Crippen LogP contribution is -2.42. The minimum Gasteiger partial charge on any atom is -0.476 e. The van der Waals surface area contributed by atoms with Gasteiger partial charge in [0.1, 0.15) is 5.82 Å². The van der Waals surface area contributed by atoms with Gasteiger partial charge >= 0.3 is 5.97 Å². The van der Waals surface area contributed by atoms with Gasteiger partial charge in [0.15, 0.2) is 10.8 Å². The Morgan fingerprint density at radius 3 is 2.64 bits per heavy atom. The summed E-state index contributed by atoms with van der Waals surface area (Å²) in [6, 6.07) is 14.8. The number of hydrogen-bond donors (Lipinski definition) is 1. The van der Waals surface area contributed by atoms with Crippen molar-refractivity contribution in [2.45, 2.75) is 51.5 Å². The third-order valence-electron chi connectivity index (χ3n) is 6.45. The summed E-state index contributed by atoms with van der Waals surface area (Å²) in [6.45, 7) is 2.54. The van der Waals surface area contributed by atoms with Crippen LogP contribution >= 0.6 is 11.6 Å². The zero-order chi connectivity index (χ0) is 25.9. The number of carboxylic acids is 1. The van der Waals surface area contributed by atoms with Gasteiger partial charge in [0, 0.05) is 37.2 Å². The van der Waals surface area contributed by atoms with E-state index in [9.17, 15) is 23.9 Å². The lowest BCUT2D eigenvalue weighted by molar-refractivity contribution is -0.0116. The van der Waals surface area contributed by atoms with Gasteiger partial charge < -0.3 is 14.6 Å². The number of aromatic carboxylic acids is 1. The van der Waals surface area contributed by atoms with Crippen molar-refractivity contribution in [2.24, 2.45) is 0 Å². The molecule has 1 saturated heterocycles. The standard InChI is InChI=1S/C27H27ClF2N4O2/c1-2-3-5-23-32-25(28)24(26(35)36)34(23)16-18-6-8-19(9-7-18)22-14-21(11-10-20(22)15-31)33-13-4-12-27(29,30)17-33/h6-11,14H,2-5,12-13,16-17H2,1H3,(H,35,36). The molecule has 1 aliphatic rings. The number of hydrogen-bond acceptors (Lipinski definition) is 4. The molecule has 1 aromatic heterocycles. The highest BCUT2D eigenvalue weighted by molar-refractivity contribution is 6.32. The Morgan fingerprint density at radius 2 is 2.00 bits per heavy atom. The summed E-state index contributed by atoms with van der Waals surface area (Å²) in [4.78, 5) is 17.7. The fraction of sp³-hybridized carbons (Fsp3) is 0.370. The Bertz CT molecular complexity index is 1300. The molecule has 2 aromatic carbocycles. The van der Waals surface area contributed by atoms with Crippen molar-refractivity contribution in [3.05, 3.63) is 70.3 Å². The zero-order valence-electron chi connectivity index (χ0n) is 20.0. The van der Waals surface area contributed by atoms with Crippen LogP contribution in [-0.4, -0.2) is 39.6 Å². The maximum Gasteiger partial charge on any atom is 0.355 e. The number of unbranched alkanes of at least 4 members (excludes halogenated alkanes) is 1. The minimum absolute atomic E-state index is 0.0241. The van der Waals surface area contributed by atoms with Crippen molar-refractivity contribution >= 4 is 23.3 Å². The van der Waals surface area contributed by atoms with E-state index in [-0.39, 0.29) is 30.4 Å². The van der Waals surface area contributed by atoms with Crippen LogP contribution in [0, 0.1) is 11.3 Å². The largest absolute Gasteiger partial charge is 0.476 e. The van der Waals surface area contributed by atoms with Crippen LogP contribution in [0.3, 0.4) is 0 Å². The number of anilines is 1. The Hall–Kier alpha value is -3.44. The highest BCUT2D eigenvalue weighted by Crippen LogP contribution is 2.34. The van der Waals surface area contributed by atoms with Gasteiger partial charge in [-0.15, -0.1) is 0 Å². The maximum absolute atomic E-state index is 14.0. The fourth-order valence-corrected chi connectivity index (χ4v) is 4.87. The van der Waals surface area contributed by atoms with Gasteiger partial charge in [-0.05, 0) is 42.2 Å². The lowest BCUT2D eigenvalue weighted by Gasteiger charge is -2.34. The van der Waals surface area contributed by atoms with E-state index >= 15 is 0 Å². The number of alkyl halides is 2. The van der Waals surface area contributed by atoms with Crippen LogP contribution in [0.2, 0.25) is 5.15 Å². The maximum atomic E-state index is 14.0. The number of carbonyl (C=O) groups is 1. The first kappa shape index (κ1) is 25.6. The van der Waals surface area contributed by atoms with E-state index in [1.807, 2.05) is 31.2 Å². The number of halogens is 3. The quantitative estimate of drug-likeness (QED) is 0.377. The number of nitrogens with zero attached hydrogens (tertiary/aromatic N) is 4. The second-order valence-electron chi connectivity index (χ2n) is 9.08. The number of rotatable bonds is 8. The number of carboxylic acid groups (broad SMARTS) is 1. The molecular formula is C27H27ClF2N4O2.